The standard InChI is InChI=1S/C25H22FN3O2/c26-20-9-12-22-23(16-20)29-24(28-22)14-15-27-25(30)13-8-18-6-10-21(11-7-18)31-17-19-4-2-1-3-5-19/h1-13,16H,14-15,17H2,(H,27,30)(H,28,29)/b13-8+. The minimum atomic E-state index is -0.308. The van der Waals surface area contributed by atoms with Crippen molar-refractivity contribution in [2.75, 3.05) is 6.54 Å². The first kappa shape index (κ1) is 20.3. The van der Waals surface area contributed by atoms with Crippen LogP contribution in [-0.4, -0.2) is 22.4 Å². The van der Waals surface area contributed by atoms with E-state index >= 15 is 0 Å². The van der Waals surface area contributed by atoms with Crippen LogP contribution >= 0.6 is 0 Å². The number of nitrogens with zero attached hydrogens (tertiary/aromatic N) is 1. The number of carbonyl (C=O) groups is 1. The summed E-state index contributed by atoms with van der Waals surface area (Å²) in [5, 5.41) is 2.82. The maximum Gasteiger partial charge on any atom is 0.244 e. The van der Waals surface area contributed by atoms with Gasteiger partial charge in [0, 0.05) is 19.0 Å². The molecule has 6 heteroatoms. The lowest BCUT2D eigenvalue weighted by Crippen LogP contribution is -2.23. The van der Waals surface area contributed by atoms with Gasteiger partial charge in [-0.25, -0.2) is 9.37 Å². The van der Waals surface area contributed by atoms with E-state index in [0.717, 1.165) is 16.9 Å². The third-order valence-corrected chi connectivity index (χ3v) is 4.71. The fourth-order valence-corrected chi connectivity index (χ4v) is 3.10. The molecular weight excluding hydrogens is 393 g/mol. The largest absolute Gasteiger partial charge is 0.489 e. The second-order valence-corrected chi connectivity index (χ2v) is 7.06. The number of benzene rings is 3. The molecule has 0 radical (unpaired) electrons. The molecule has 4 aromatic rings. The highest BCUT2D eigenvalue weighted by Gasteiger charge is 2.04. The van der Waals surface area contributed by atoms with Crippen molar-refractivity contribution < 1.29 is 13.9 Å². The third-order valence-electron chi connectivity index (χ3n) is 4.71. The van der Waals surface area contributed by atoms with Gasteiger partial charge >= 0.3 is 0 Å². The van der Waals surface area contributed by atoms with Crippen molar-refractivity contribution in [3.05, 3.63) is 102 Å². The van der Waals surface area contributed by atoms with Gasteiger partial charge in [-0.1, -0.05) is 42.5 Å². The molecule has 1 heterocycles. The van der Waals surface area contributed by atoms with Gasteiger partial charge in [-0.05, 0) is 47.5 Å². The quantitative estimate of drug-likeness (QED) is 0.412. The molecule has 0 saturated heterocycles. The lowest BCUT2D eigenvalue weighted by Gasteiger charge is -2.06. The third kappa shape index (κ3) is 5.79. The second kappa shape index (κ2) is 9.71. The lowest BCUT2D eigenvalue weighted by atomic mass is 10.2. The molecule has 31 heavy (non-hydrogen) atoms. The Bertz CT molecular complexity index is 1180. The minimum Gasteiger partial charge on any atom is -0.489 e. The zero-order valence-corrected chi connectivity index (χ0v) is 16.8. The highest BCUT2D eigenvalue weighted by atomic mass is 19.1. The number of aromatic amines is 1. The molecule has 4 rings (SSSR count). The number of rotatable bonds is 8. The van der Waals surface area contributed by atoms with Gasteiger partial charge in [0.2, 0.25) is 5.91 Å². The Hall–Kier alpha value is -3.93. The van der Waals surface area contributed by atoms with Crippen molar-refractivity contribution in [3.8, 4) is 5.75 Å². The van der Waals surface area contributed by atoms with Gasteiger partial charge in [-0.2, -0.15) is 0 Å². The summed E-state index contributed by atoms with van der Waals surface area (Å²) in [6.45, 7) is 0.941. The predicted octanol–water partition coefficient (Wildman–Crippen LogP) is 4.65. The van der Waals surface area contributed by atoms with Gasteiger partial charge < -0.3 is 15.0 Å². The molecule has 0 unspecified atom stereocenters. The van der Waals surface area contributed by atoms with Gasteiger partial charge in [0.25, 0.3) is 0 Å². The van der Waals surface area contributed by atoms with Crippen LogP contribution in [0.2, 0.25) is 0 Å². The molecular formula is C25H22FN3O2. The van der Waals surface area contributed by atoms with E-state index < -0.39 is 0 Å². The number of ether oxygens (including phenoxy) is 1. The molecule has 0 atom stereocenters. The number of imidazole rings is 1. The number of hydrogen-bond donors (Lipinski definition) is 2. The van der Waals surface area contributed by atoms with E-state index in [1.54, 1.807) is 12.1 Å². The SMILES string of the molecule is O=C(/C=C/c1ccc(OCc2ccccc2)cc1)NCCc1nc2ccc(F)cc2[nH]1. The molecule has 5 nitrogen and oxygen atoms in total. The smallest absolute Gasteiger partial charge is 0.244 e. The van der Waals surface area contributed by atoms with Crippen LogP contribution in [0.3, 0.4) is 0 Å². The molecule has 0 fully saturated rings. The summed E-state index contributed by atoms with van der Waals surface area (Å²) in [6.07, 6.45) is 3.78. The maximum absolute atomic E-state index is 13.2. The van der Waals surface area contributed by atoms with Crippen molar-refractivity contribution in [2.24, 2.45) is 0 Å². The Kier molecular flexibility index (Phi) is 6.38. The van der Waals surface area contributed by atoms with Gasteiger partial charge in [-0.15, -0.1) is 0 Å². The average molecular weight is 415 g/mol. The summed E-state index contributed by atoms with van der Waals surface area (Å²) >= 11 is 0. The van der Waals surface area contributed by atoms with E-state index in [0.29, 0.717) is 36.4 Å². The Balaban J connectivity index is 1.22. The highest BCUT2D eigenvalue weighted by molar-refractivity contribution is 5.91. The fourth-order valence-electron chi connectivity index (χ4n) is 3.10. The zero-order chi connectivity index (χ0) is 21.5. The van der Waals surface area contributed by atoms with Crippen LogP contribution in [0.1, 0.15) is 17.0 Å². The molecule has 0 bridgehead atoms. The van der Waals surface area contributed by atoms with Crippen LogP contribution in [0.15, 0.2) is 78.9 Å². The molecule has 1 aromatic heterocycles. The fraction of sp³-hybridized carbons (Fsp3) is 0.120. The monoisotopic (exact) mass is 415 g/mol. The molecule has 0 aliphatic rings. The molecule has 1 amide bonds. The first-order valence-electron chi connectivity index (χ1n) is 10.0. The highest BCUT2D eigenvalue weighted by Crippen LogP contribution is 2.15. The van der Waals surface area contributed by atoms with Crippen molar-refractivity contribution in [2.45, 2.75) is 13.0 Å². The first-order valence-corrected chi connectivity index (χ1v) is 10.0. The van der Waals surface area contributed by atoms with Crippen molar-refractivity contribution in [1.29, 1.82) is 0 Å². The summed E-state index contributed by atoms with van der Waals surface area (Å²) in [6, 6.07) is 21.9. The number of hydrogen-bond acceptors (Lipinski definition) is 3. The molecule has 0 aliphatic carbocycles. The lowest BCUT2D eigenvalue weighted by molar-refractivity contribution is -0.116. The van der Waals surface area contributed by atoms with E-state index in [1.807, 2.05) is 54.6 Å². The topological polar surface area (TPSA) is 67.0 Å². The van der Waals surface area contributed by atoms with Crippen LogP contribution < -0.4 is 10.1 Å². The summed E-state index contributed by atoms with van der Waals surface area (Å²) < 4.78 is 19.0. The van der Waals surface area contributed by atoms with E-state index in [-0.39, 0.29) is 11.7 Å². The molecule has 2 N–H and O–H groups in total. The Morgan fingerprint density at radius 3 is 2.68 bits per heavy atom. The Morgan fingerprint density at radius 1 is 1.06 bits per heavy atom. The van der Waals surface area contributed by atoms with Crippen LogP contribution in [0, 0.1) is 5.82 Å². The number of fused-ring (bicyclic) bond motifs is 1. The maximum atomic E-state index is 13.2. The van der Waals surface area contributed by atoms with Crippen molar-refractivity contribution in [1.82, 2.24) is 15.3 Å². The predicted molar refractivity (Wildman–Crippen MR) is 119 cm³/mol. The number of nitrogens with one attached hydrogen (secondary N) is 2. The van der Waals surface area contributed by atoms with E-state index in [9.17, 15) is 9.18 Å². The Morgan fingerprint density at radius 2 is 1.87 bits per heavy atom. The number of H-pyrrole nitrogens is 1. The molecule has 0 saturated carbocycles. The summed E-state index contributed by atoms with van der Waals surface area (Å²) in [5.74, 6) is 0.982. The van der Waals surface area contributed by atoms with Crippen molar-refractivity contribution >= 4 is 23.0 Å². The van der Waals surface area contributed by atoms with Crippen LogP contribution in [0.5, 0.6) is 5.75 Å². The number of carbonyl (C=O) groups excluding carboxylic acids is 1. The Labute approximate surface area is 179 Å². The van der Waals surface area contributed by atoms with Gasteiger partial charge in [0.1, 0.15) is 24.0 Å². The number of halogens is 1. The summed E-state index contributed by atoms with van der Waals surface area (Å²) in [4.78, 5) is 19.5. The molecule has 0 aliphatic heterocycles. The summed E-state index contributed by atoms with van der Waals surface area (Å²) in [7, 11) is 0. The molecule has 156 valence electrons. The first-order chi connectivity index (χ1) is 15.2. The van der Waals surface area contributed by atoms with Crippen molar-refractivity contribution in [3.63, 3.8) is 0 Å². The molecule has 0 spiro atoms. The normalized spacial score (nSPS) is 11.1. The van der Waals surface area contributed by atoms with Crippen LogP contribution in [-0.2, 0) is 17.8 Å². The molecule has 3 aromatic carbocycles. The van der Waals surface area contributed by atoms with E-state index in [4.69, 9.17) is 4.74 Å². The average Bonchev–Trinajstić information content (AvgIpc) is 3.19. The summed E-state index contributed by atoms with van der Waals surface area (Å²) in [5.41, 5.74) is 3.37. The van der Waals surface area contributed by atoms with E-state index in [2.05, 4.69) is 15.3 Å². The zero-order valence-electron chi connectivity index (χ0n) is 16.8. The van der Waals surface area contributed by atoms with E-state index in [1.165, 1.54) is 18.2 Å². The van der Waals surface area contributed by atoms with Crippen LogP contribution in [0.4, 0.5) is 4.39 Å². The second-order valence-electron chi connectivity index (χ2n) is 7.06. The minimum absolute atomic E-state index is 0.188. The van der Waals surface area contributed by atoms with Gasteiger partial charge in [0.15, 0.2) is 0 Å². The number of aromatic nitrogens is 2. The van der Waals surface area contributed by atoms with Gasteiger partial charge in [-0.3, -0.25) is 4.79 Å². The van der Waals surface area contributed by atoms with Crippen LogP contribution in [0.25, 0.3) is 17.1 Å². The number of amides is 1. The van der Waals surface area contributed by atoms with Gasteiger partial charge in [0.05, 0.1) is 11.0 Å².